The molecule has 1 aliphatic rings. The van der Waals surface area contributed by atoms with E-state index in [0.29, 0.717) is 5.25 Å². The molecule has 0 bridgehead atoms. The first-order valence-electron chi connectivity index (χ1n) is 6.19. The van der Waals surface area contributed by atoms with Crippen molar-refractivity contribution in [3.8, 4) is 0 Å². The summed E-state index contributed by atoms with van der Waals surface area (Å²) in [7, 11) is 6.01. The first kappa shape index (κ1) is 12.3. The molecule has 0 saturated carbocycles. The van der Waals surface area contributed by atoms with Crippen LogP contribution in [0.4, 0.5) is 0 Å². The van der Waals surface area contributed by atoms with Gasteiger partial charge in [0.2, 0.25) is 0 Å². The van der Waals surface area contributed by atoms with Crippen LogP contribution in [0.1, 0.15) is 42.6 Å². The molecular weight excluding hydrogens is 236 g/mol. The Labute approximate surface area is 105 Å². The second-order valence-electron chi connectivity index (χ2n) is 4.77. The summed E-state index contributed by atoms with van der Waals surface area (Å²) in [6.45, 7) is 4.42. The summed E-state index contributed by atoms with van der Waals surface area (Å²) < 4.78 is 0. The average Bonchev–Trinajstić information content (AvgIpc) is 2.70. The highest BCUT2D eigenvalue weighted by molar-refractivity contribution is 8.51. The van der Waals surface area contributed by atoms with Gasteiger partial charge in [0.15, 0.2) is 0 Å². The summed E-state index contributed by atoms with van der Waals surface area (Å²) in [4.78, 5) is 0. The molecule has 90 valence electrons. The van der Waals surface area contributed by atoms with Crippen molar-refractivity contribution < 1.29 is 0 Å². The third kappa shape index (κ3) is 2.41. The van der Waals surface area contributed by atoms with Gasteiger partial charge in [-0.05, 0) is 43.3 Å². The van der Waals surface area contributed by atoms with E-state index in [4.69, 9.17) is 10.7 Å². The van der Waals surface area contributed by atoms with E-state index in [-0.39, 0.29) is 0 Å². The lowest BCUT2D eigenvalue weighted by Gasteiger charge is -2.36. The van der Waals surface area contributed by atoms with Crippen LogP contribution in [-0.2, 0) is 0 Å². The molecule has 1 atom stereocenters. The average molecular weight is 257 g/mol. The molecule has 0 nitrogen and oxygen atoms in total. The van der Waals surface area contributed by atoms with Crippen molar-refractivity contribution in [1.29, 1.82) is 0 Å². The van der Waals surface area contributed by atoms with Crippen LogP contribution in [0.15, 0.2) is 24.3 Å². The topological polar surface area (TPSA) is 0 Å². The maximum atomic E-state index is 6.89. The fourth-order valence-electron chi connectivity index (χ4n) is 2.63. The van der Waals surface area contributed by atoms with Crippen LogP contribution in [0.2, 0.25) is 0 Å². The van der Waals surface area contributed by atoms with Crippen molar-refractivity contribution in [2.45, 2.75) is 38.4 Å². The summed E-state index contributed by atoms with van der Waals surface area (Å²) in [6, 6.07) is 8.98. The molecule has 1 saturated heterocycles. The zero-order valence-corrected chi connectivity index (χ0v) is 11.8. The Kier molecular flexibility index (Phi) is 3.86. The SMILES string of the molecule is CCC(c1ccc(C)cc1)S1(Cl)CCCC1. The van der Waals surface area contributed by atoms with Crippen molar-refractivity contribution >= 4 is 19.9 Å². The third-order valence-corrected chi connectivity index (χ3v) is 8.68. The van der Waals surface area contributed by atoms with E-state index < -0.39 is 9.24 Å². The van der Waals surface area contributed by atoms with Crippen molar-refractivity contribution in [1.82, 2.24) is 0 Å². The van der Waals surface area contributed by atoms with Crippen LogP contribution >= 0.6 is 19.9 Å². The smallest absolute Gasteiger partial charge is 0.0261 e. The molecule has 1 aromatic rings. The minimum absolute atomic E-state index is 0.609. The van der Waals surface area contributed by atoms with Crippen LogP contribution < -0.4 is 0 Å². The molecule has 2 rings (SSSR count). The molecule has 0 amide bonds. The molecule has 1 fully saturated rings. The highest BCUT2D eigenvalue weighted by Gasteiger charge is 2.34. The first-order chi connectivity index (χ1) is 7.65. The van der Waals surface area contributed by atoms with Crippen LogP contribution in [0.25, 0.3) is 0 Å². The van der Waals surface area contributed by atoms with E-state index in [1.165, 1.54) is 41.9 Å². The molecule has 1 heterocycles. The zero-order chi connectivity index (χ0) is 11.6. The Hall–Kier alpha value is -0.140. The van der Waals surface area contributed by atoms with Crippen LogP contribution in [0.5, 0.6) is 0 Å². The summed E-state index contributed by atoms with van der Waals surface area (Å²) in [5.41, 5.74) is 2.80. The molecule has 16 heavy (non-hydrogen) atoms. The number of halogens is 1. The van der Waals surface area contributed by atoms with Gasteiger partial charge in [-0.2, -0.15) is 9.24 Å². The fraction of sp³-hybridized carbons (Fsp3) is 0.571. The maximum Gasteiger partial charge on any atom is 0.0261 e. The van der Waals surface area contributed by atoms with Gasteiger partial charge in [0.1, 0.15) is 0 Å². The summed E-state index contributed by atoms with van der Waals surface area (Å²) >= 11 is 0. The number of hydrogen-bond acceptors (Lipinski definition) is 0. The van der Waals surface area contributed by atoms with Crippen molar-refractivity contribution in [2.24, 2.45) is 0 Å². The van der Waals surface area contributed by atoms with Gasteiger partial charge in [0.05, 0.1) is 0 Å². The Morgan fingerprint density at radius 3 is 2.25 bits per heavy atom. The van der Waals surface area contributed by atoms with Crippen LogP contribution in [0.3, 0.4) is 0 Å². The number of hydrogen-bond donors (Lipinski definition) is 0. The minimum atomic E-state index is -0.888. The van der Waals surface area contributed by atoms with Gasteiger partial charge >= 0.3 is 0 Å². The van der Waals surface area contributed by atoms with Crippen LogP contribution in [-0.4, -0.2) is 11.5 Å². The van der Waals surface area contributed by atoms with E-state index >= 15 is 0 Å². The van der Waals surface area contributed by atoms with Gasteiger partial charge in [-0.15, -0.1) is 0 Å². The van der Waals surface area contributed by atoms with E-state index in [1.807, 2.05) is 0 Å². The highest BCUT2D eigenvalue weighted by Crippen LogP contribution is 2.69. The Balaban J connectivity index is 2.25. The third-order valence-electron chi connectivity index (χ3n) is 3.55. The lowest BCUT2D eigenvalue weighted by atomic mass is 10.1. The summed E-state index contributed by atoms with van der Waals surface area (Å²) in [5, 5.41) is 0.609. The van der Waals surface area contributed by atoms with Gasteiger partial charge < -0.3 is 0 Å². The Morgan fingerprint density at radius 2 is 1.75 bits per heavy atom. The number of aryl methyl sites for hydroxylation is 1. The second-order valence-corrected chi connectivity index (χ2v) is 9.69. The number of benzene rings is 1. The summed E-state index contributed by atoms with van der Waals surface area (Å²) in [6.07, 6.45) is 3.85. The van der Waals surface area contributed by atoms with E-state index in [9.17, 15) is 0 Å². The molecule has 1 aromatic carbocycles. The molecule has 0 aromatic heterocycles. The Bertz CT molecular complexity index is 338. The van der Waals surface area contributed by atoms with Crippen molar-refractivity contribution in [3.05, 3.63) is 35.4 Å². The van der Waals surface area contributed by atoms with Gasteiger partial charge in [0.25, 0.3) is 0 Å². The lowest BCUT2D eigenvalue weighted by molar-refractivity contribution is 0.886. The maximum absolute atomic E-state index is 6.89. The first-order valence-corrected chi connectivity index (χ1v) is 9.05. The molecule has 1 unspecified atom stereocenters. The number of rotatable bonds is 3. The standard InChI is InChI=1S/C14H21ClS/c1-3-14(16(15)10-4-5-11-16)13-8-6-12(2)7-9-13/h6-9,14H,3-5,10-11H2,1-2H3. The predicted octanol–water partition coefficient (Wildman–Crippen LogP) is 5.20. The van der Waals surface area contributed by atoms with Gasteiger partial charge in [-0.3, -0.25) is 0 Å². The predicted molar refractivity (Wildman–Crippen MR) is 76.6 cm³/mol. The van der Waals surface area contributed by atoms with Gasteiger partial charge in [-0.25, -0.2) is 0 Å². The van der Waals surface area contributed by atoms with Gasteiger partial charge in [0, 0.05) is 5.25 Å². The van der Waals surface area contributed by atoms with E-state index in [0.717, 1.165) is 0 Å². The second kappa shape index (κ2) is 5.01. The lowest BCUT2D eigenvalue weighted by Crippen LogP contribution is -2.07. The van der Waals surface area contributed by atoms with E-state index in [1.54, 1.807) is 0 Å². The molecule has 0 aliphatic carbocycles. The molecule has 0 spiro atoms. The molecule has 0 N–H and O–H groups in total. The normalized spacial score (nSPS) is 22.9. The largest absolute Gasteiger partial charge is 0.156 e. The molecular formula is C14H21ClS. The summed E-state index contributed by atoms with van der Waals surface area (Å²) in [5.74, 6) is 2.53. The Morgan fingerprint density at radius 1 is 1.19 bits per heavy atom. The van der Waals surface area contributed by atoms with E-state index in [2.05, 4.69) is 38.1 Å². The van der Waals surface area contributed by atoms with Crippen molar-refractivity contribution in [2.75, 3.05) is 11.5 Å². The van der Waals surface area contributed by atoms with Gasteiger partial charge in [-0.1, -0.05) is 47.4 Å². The molecule has 2 heteroatoms. The minimum Gasteiger partial charge on any atom is -0.156 e. The monoisotopic (exact) mass is 256 g/mol. The van der Waals surface area contributed by atoms with Crippen molar-refractivity contribution in [3.63, 3.8) is 0 Å². The fourth-order valence-corrected chi connectivity index (χ4v) is 7.35. The van der Waals surface area contributed by atoms with Crippen LogP contribution in [0, 0.1) is 6.92 Å². The molecule has 0 radical (unpaired) electrons. The zero-order valence-electron chi connectivity index (χ0n) is 10.2. The highest BCUT2D eigenvalue weighted by atomic mass is 35.7. The quantitative estimate of drug-likeness (QED) is 0.698. The molecule has 1 aliphatic heterocycles.